The Morgan fingerprint density at radius 1 is 1.25 bits per heavy atom. The fraction of sp³-hybridized carbons (Fsp3) is 0.0909. The van der Waals surface area contributed by atoms with Gasteiger partial charge in [0.1, 0.15) is 17.2 Å². The van der Waals surface area contributed by atoms with Crippen molar-refractivity contribution in [3.05, 3.63) is 29.6 Å². The van der Waals surface area contributed by atoms with Gasteiger partial charge in [0.05, 0.1) is 5.52 Å². The van der Waals surface area contributed by atoms with Crippen LogP contribution >= 0.6 is 0 Å². The number of anilines is 1. The van der Waals surface area contributed by atoms with Crippen molar-refractivity contribution in [1.82, 2.24) is 4.98 Å². The van der Waals surface area contributed by atoms with Gasteiger partial charge in [-0.05, 0) is 18.2 Å². The number of aromatic nitrogens is 1. The molecular formula is C11H6F4N2O3. The van der Waals surface area contributed by atoms with Crippen LogP contribution in [0, 0.1) is 5.82 Å². The van der Waals surface area contributed by atoms with Gasteiger partial charge in [-0.3, -0.25) is 4.79 Å². The molecule has 3 N–H and O–H groups in total. The summed E-state index contributed by atoms with van der Waals surface area (Å²) in [6.45, 7) is 0. The average Bonchev–Trinajstić information content (AvgIpc) is 2.64. The van der Waals surface area contributed by atoms with Crippen molar-refractivity contribution in [3.63, 3.8) is 0 Å². The van der Waals surface area contributed by atoms with Crippen molar-refractivity contribution in [1.29, 1.82) is 0 Å². The minimum atomic E-state index is -5.17. The molecule has 0 spiro atoms. The number of benzene rings is 1. The Labute approximate surface area is 108 Å². The van der Waals surface area contributed by atoms with Crippen molar-refractivity contribution in [3.8, 4) is 0 Å². The number of hydrogen-bond donors (Lipinski definition) is 3. The first-order valence-electron chi connectivity index (χ1n) is 5.13. The molecule has 1 heterocycles. The van der Waals surface area contributed by atoms with Crippen LogP contribution in [0.15, 0.2) is 18.2 Å². The maximum Gasteiger partial charge on any atom is 0.471 e. The first-order chi connectivity index (χ1) is 9.20. The van der Waals surface area contributed by atoms with Crippen LogP contribution in [0.1, 0.15) is 10.4 Å². The second-order valence-corrected chi connectivity index (χ2v) is 3.82. The molecule has 0 aliphatic carbocycles. The molecule has 1 aromatic heterocycles. The molecule has 106 valence electrons. The third kappa shape index (κ3) is 2.42. The quantitative estimate of drug-likeness (QED) is 0.743. The summed E-state index contributed by atoms with van der Waals surface area (Å²) < 4.78 is 49.5. The number of amides is 1. The van der Waals surface area contributed by atoms with E-state index in [4.69, 9.17) is 5.11 Å². The Hall–Kier alpha value is -2.58. The highest BCUT2D eigenvalue weighted by atomic mass is 19.4. The van der Waals surface area contributed by atoms with Gasteiger partial charge < -0.3 is 15.4 Å². The number of rotatable bonds is 2. The molecule has 0 radical (unpaired) electrons. The Bertz CT molecular complexity index is 705. The maximum atomic E-state index is 13.0. The second kappa shape index (κ2) is 4.51. The fourth-order valence-corrected chi connectivity index (χ4v) is 1.67. The molecule has 0 fully saturated rings. The van der Waals surface area contributed by atoms with Crippen LogP contribution in [-0.2, 0) is 4.79 Å². The lowest BCUT2D eigenvalue weighted by molar-refractivity contribution is -0.167. The van der Waals surface area contributed by atoms with E-state index in [1.165, 1.54) is 5.32 Å². The number of nitrogens with one attached hydrogen (secondary N) is 2. The van der Waals surface area contributed by atoms with E-state index in [1.807, 2.05) is 0 Å². The van der Waals surface area contributed by atoms with E-state index in [-0.39, 0.29) is 10.9 Å². The van der Waals surface area contributed by atoms with Crippen molar-refractivity contribution in [2.45, 2.75) is 6.18 Å². The number of aromatic amines is 1. The Balaban J connectivity index is 2.55. The van der Waals surface area contributed by atoms with Crippen molar-refractivity contribution >= 4 is 28.6 Å². The molecule has 0 saturated heterocycles. The fourth-order valence-electron chi connectivity index (χ4n) is 1.67. The van der Waals surface area contributed by atoms with Gasteiger partial charge in [-0.15, -0.1) is 0 Å². The Morgan fingerprint density at radius 2 is 1.90 bits per heavy atom. The Kier molecular flexibility index (Phi) is 3.12. The highest BCUT2D eigenvalue weighted by Gasteiger charge is 2.39. The van der Waals surface area contributed by atoms with Gasteiger partial charge in [0.2, 0.25) is 0 Å². The average molecular weight is 290 g/mol. The van der Waals surface area contributed by atoms with E-state index in [0.717, 1.165) is 18.2 Å². The maximum absolute atomic E-state index is 13.0. The number of carbonyl (C=O) groups is 2. The third-order valence-corrected chi connectivity index (χ3v) is 2.47. The lowest BCUT2D eigenvalue weighted by atomic mass is 10.1. The van der Waals surface area contributed by atoms with Gasteiger partial charge in [0.25, 0.3) is 0 Å². The van der Waals surface area contributed by atoms with Gasteiger partial charge in [-0.2, -0.15) is 13.2 Å². The minimum Gasteiger partial charge on any atom is -0.478 e. The number of carboxylic acids is 1. The van der Waals surface area contributed by atoms with Crippen molar-refractivity contribution < 1.29 is 32.3 Å². The summed E-state index contributed by atoms with van der Waals surface area (Å²) in [7, 11) is 0. The third-order valence-electron chi connectivity index (χ3n) is 2.47. The number of carboxylic acid groups (broad SMARTS) is 1. The molecule has 0 saturated carbocycles. The largest absolute Gasteiger partial charge is 0.478 e. The molecule has 0 atom stereocenters. The zero-order valence-corrected chi connectivity index (χ0v) is 9.51. The first kappa shape index (κ1) is 13.8. The lowest BCUT2D eigenvalue weighted by Crippen LogP contribution is -2.30. The molecule has 20 heavy (non-hydrogen) atoms. The number of aromatic carboxylic acids is 1. The zero-order valence-electron chi connectivity index (χ0n) is 9.51. The van der Waals surface area contributed by atoms with Crippen molar-refractivity contribution in [2.75, 3.05) is 5.32 Å². The Morgan fingerprint density at radius 3 is 2.45 bits per heavy atom. The second-order valence-electron chi connectivity index (χ2n) is 3.82. The van der Waals surface area contributed by atoms with E-state index in [0.29, 0.717) is 0 Å². The van der Waals surface area contributed by atoms with E-state index >= 15 is 0 Å². The molecule has 1 aromatic carbocycles. The van der Waals surface area contributed by atoms with Crippen LogP contribution in [0.25, 0.3) is 10.9 Å². The van der Waals surface area contributed by atoms with E-state index < -0.39 is 35.3 Å². The number of carbonyl (C=O) groups excluding carboxylic acids is 1. The summed E-state index contributed by atoms with van der Waals surface area (Å²) in [5.74, 6) is -5.24. The summed E-state index contributed by atoms with van der Waals surface area (Å²) in [5.41, 5.74) is -0.613. The van der Waals surface area contributed by atoms with Crippen LogP contribution in [0.2, 0.25) is 0 Å². The smallest absolute Gasteiger partial charge is 0.471 e. The normalized spacial score (nSPS) is 11.6. The number of H-pyrrole nitrogens is 1. The summed E-state index contributed by atoms with van der Waals surface area (Å²) >= 11 is 0. The van der Waals surface area contributed by atoms with Gasteiger partial charge in [0.15, 0.2) is 0 Å². The SMILES string of the molecule is O=C(O)c1c(NC(=O)C(F)(F)F)[nH]c2cc(F)ccc12. The highest BCUT2D eigenvalue weighted by Crippen LogP contribution is 2.28. The summed E-state index contributed by atoms with van der Waals surface area (Å²) in [6.07, 6.45) is -5.17. The number of hydrogen-bond acceptors (Lipinski definition) is 2. The standard InChI is InChI=1S/C11H6F4N2O3/c12-4-1-2-5-6(3-4)16-8(7(5)9(18)19)17-10(20)11(13,14)15/h1-3,16H,(H,17,20)(H,18,19). The van der Waals surface area contributed by atoms with Crippen LogP contribution in [0.3, 0.4) is 0 Å². The van der Waals surface area contributed by atoms with E-state index in [9.17, 15) is 27.2 Å². The van der Waals surface area contributed by atoms with Gasteiger partial charge in [-0.1, -0.05) is 0 Å². The molecule has 0 unspecified atom stereocenters. The summed E-state index contributed by atoms with van der Waals surface area (Å²) in [4.78, 5) is 24.1. The molecule has 5 nitrogen and oxygen atoms in total. The van der Waals surface area contributed by atoms with Crippen LogP contribution in [0.5, 0.6) is 0 Å². The predicted octanol–water partition coefficient (Wildman–Crippen LogP) is 2.51. The topological polar surface area (TPSA) is 82.2 Å². The van der Waals surface area contributed by atoms with E-state index in [2.05, 4.69) is 4.98 Å². The van der Waals surface area contributed by atoms with Gasteiger partial charge in [0, 0.05) is 5.39 Å². The van der Waals surface area contributed by atoms with Crippen LogP contribution in [0.4, 0.5) is 23.4 Å². The van der Waals surface area contributed by atoms with Crippen molar-refractivity contribution in [2.24, 2.45) is 0 Å². The molecule has 0 aliphatic rings. The monoisotopic (exact) mass is 290 g/mol. The van der Waals surface area contributed by atoms with Gasteiger partial charge in [-0.25, -0.2) is 9.18 Å². The number of halogens is 4. The molecular weight excluding hydrogens is 284 g/mol. The number of fused-ring (bicyclic) bond motifs is 1. The number of alkyl halides is 3. The molecule has 2 aromatic rings. The predicted molar refractivity (Wildman–Crippen MR) is 59.9 cm³/mol. The van der Waals surface area contributed by atoms with Gasteiger partial charge >= 0.3 is 18.1 Å². The zero-order chi connectivity index (χ0) is 15.1. The molecule has 2 rings (SSSR count). The van der Waals surface area contributed by atoms with Crippen LogP contribution < -0.4 is 5.32 Å². The molecule has 0 aliphatic heterocycles. The summed E-state index contributed by atoms with van der Waals surface area (Å²) in [6, 6.07) is 2.96. The first-order valence-corrected chi connectivity index (χ1v) is 5.13. The molecule has 0 bridgehead atoms. The van der Waals surface area contributed by atoms with E-state index in [1.54, 1.807) is 0 Å². The minimum absolute atomic E-state index is 0.0172. The highest BCUT2D eigenvalue weighted by molar-refractivity contribution is 6.11. The molecule has 9 heteroatoms. The lowest BCUT2D eigenvalue weighted by Gasteiger charge is -2.06. The molecule has 1 amide bonds. The van der Waals surface area contributed by atoms with Crippen LogP contribution in [-0.4, -0.2) is 28.1 Å². The summed E-state index contributed by atoms with van der Waals surface area (Å²) in [5, 5.41) is 10.4.